The molecule has 0 aliphatic carbocycles. The zero-order chi connectivity index (χ0) is 20.0. The number of nitrogens with one attached hydrogen (secondary N) is 2. The summed E-state index contributed by atoms with van der Waals surface area (Å²) in [4.78, 5) is 21.0. The predicted octanol–water partition coefficient (Wildman–Crippen LogP) is 3.52. The zero-order valence-corrected chi connectivity index (χ0v) is 15.8. The number of pyridine rings is 2. The fourth-order valence-corrected chi connectivity index (χ4v) is 2.57. The summed E-state index contributed by atoms with van der Waals surface area (Å²) in [5, 5.41) is 5.84. The van der Waals surface area contributed by atoms with Crippen LogP contribution in [0, 0.1) is 6.92 Å². The molecule has 0 aliphatic heterocycles. The highest BCUT2D eigenvalue weighted by molar-refractivity contribution is 5.95. The van der Waals surface area contributed by atoms with E-state index in [1.807, 2.05) is 26.8 Å². The number of carbonyl (C=O) groups excluding carboxylic acids is 1. The van der Waals surface area contributed by atoms with E-state index in [1.165, 1.54) is 6.20 Å². The maximum absolute atomic E-state index is 12.6. The first-order chi connectivity index (χ1) is 12.8. The molecule has 0 saturated heterocycles. The van der Waals surface area contributed by atoms with Crippen molar-refractivity contribution in [3.8, 4) is 5.88 Å². The lowest BCUT2D eigenvalue weighted by Crippen LogP contribution is -2.27. The van der Waals surface area contributed by atoms with E-state index in [0.29, 0.717) is 23.4 Å². The number of ether oxygens (including phenoxy) is 1. The molecule has 1 atom stereocenters. The second kappa shape index (κ2) is 9.25. The largest absolute Gasteiger partial charge is 0.471 e. The summed E-state index contributed by atoms with van der Waals surface area (Å²) >= 11 is 0. The van der Waals surface area contributed by atoms with Crippen molar-refractivity contribution in [3.05, 3.63) is 46.8 Å². The molecule has 2 heterocycles. The summed E-state index contributed by atoms with van der Waals surface area (Å²) in [6, 6.07) is 4.88. The highest BCUT2D eigenvalue weighted by atomic mass is 19.3. The van der Waals surface area contributed by atoms with Gasteiger partial charge in [-0.2, -0.15) is 0 Å². The fourth-order valence-electron chi connectivity index (χ4n) is 2.57. The van der Waals surface area contributed by atoms with Crippen LogP contribution in [0.15, 0.2) is 24.4 Å². The van der Waals surface area contributed by atoms with Crippen LogP contribution in [0.1, 0.15) is 47.1 Å². The molecule has 2 aromatic heterocycles. The number of halogens is 2. The minimum atomic E-state index is -2.55. The molecule has 2 aromatic rings. The lowest BCUT2D eigenvalue weighted by atomic mass is 10.1. The Morgan fingerprint density at radius 2 is 2.04 bits per heavy atom. The van der Waals surface area contributed by atoms with Crippen molar-refractivity contribution in [2.75, 3.05) is 19.0 Å². The Bertz CT molecular complexity index is 799. The molecule has 0 bridgehead atoms. The molecule has 1 unspecified atom stereocenters. The number of nitrogens with zero attached hydrogens (tertiary/aromatic N) is 2. The van der Waals surface area contributed by atoms with Gasteiger partial charge in [0.05, 0.1) is 6.04 Å². The van der Waals surface area contributed by atoms with Crippen LogP contribution in [0.25, 0.3) is 0 Å². The SMILES string of the molecule is CCc1cc(C(C)NC(=O)c2cc(C)nc(NC)c2)cnc1OCC(F)F. The predicted molar refractivity (Wildman–Crippen MR) is 99.5 cm³/mol. The quantitative estimate of drug-likeness (QED) is 0.735. The molecule has 6 nitrogen and oxygen atoms in total. The first-order valence-corrected chi connectivity index (χ1v) is 8.71. The van der Waals surface area contributed by atoms with Crippen LogP contribution in [0.3, 0.4) is 0 Å². The van der Waals surface area contributed by atoms with Crippen LogP contribution < -0.4 is 15.4 Å². The molecule has 0 aliphatic rings. The number of rotatable bonds is 8. The van der Waals surface area contributed by atoms with Crippen molar-refractivity contribution in [2.45, 2.75) is 39.7 Å². The van der Waals surface area contributed by atoms with E-state index in [-0.39, 0.29) is 17.8 Å². The minimum absolute atomic E-state index is 0.198. The molecular weight excluding hydrogens is 354 g/mol. The van der Waals surface area contributed by atoms with Crippen molar-refractivity contribution in [1.82, 2.24) is 15.3 Å². The van der Waals surface area contributed by atoms with Crippen LogP contribution in [-0.2, 0) is 6.42 Å². The average molecular weight is 378 g/mol. The van der Waals surface area contributed by atoms with Gasteiger partial charge in [-0.05, 0) is 44.0 Å². The molecule has 0 fully saturated rings. The first-order valence-electron chi connectivity index (χ1n) is 8.71. The number of anilines is 1. The van der Waals surface area contributed by atoms with Crippen LogP contribution in [0.2, 0.25) is 0 Å². The molecule has 1 amide bonds. The van der Waals surface area contributed by atoms with Gasteiger partial charge in [-0.25, -0.2) is 18.7 Å². The van der Waals surface area contributed by atoms with Crippen molar-refractivity contribution in [2.24, 2.45) is 0 Å². The Morgan fingerprint density at radius 3 is 2.67 bits per heavy atom. The average Bonchev–Trinajstić information content (AvgIpc) is 2.65. The van der Waals surface area contributed by atoms with Crippen molar-refractivity contribution in [1.29, 1.82) is 0 Å². The van der Waals surface area contributed by atoms with Gasteiger partial charge in [-0.3, -0.25) is 4.79 Å². The molecule has 0 radical (unpaired) electrons. The highest BCUT2D eigenvalue weighted by Gasteiger charge is 2.16. The third-order valence-corrected chi connectivity index (χ3v) is 3.99. The van der Waals surface area contributed by atoms with Crippen LogP contribution >= 0.6 is 0 Å². The second-order valence-electron chi connectivity index (χ2n) is 6.12. The zero-order valence-electron chi connectivity index (χ0n) is 15.8. The first kappa shape index (κ1) is 20.5. The molecule has 146 valence electrons. The summed E-state index contributed by atoms with van der Waals surface area (Å²) in [6.45, 7) is 4.84. The summed E-state index contributed by atoms with van der Waals surface area (Å²) in [6.07, 6.45) is -0.447. The number of carbonyl (C=O) groups is 1. The second-order valence-corrected chi connectivity index (χ2v) is 6.12. The Kier molecular flexibility index (Phi) is 7.04. The smallest absolute Gasteiger partial charge is 0.272 e. The van der Waals surface area contributed by atoms with E-state index >= 15 is 0 Å². The Morgan fingerprint density at radius 1 is 1.30 bits per heavy atom. The van der Waals surface area contributed by atoms with Gasteiger partial charge in [0, 0.05) is 30.1 Å². The van der Waals surface area contributed by atoms with E-state index in [0.717, 1.165) is 11.3 Å². The minimum Gasteiger partial charge on any atom is -0.471 e. The third-order valence-electron chi connectivity index (χ3n) is 3.99. The van der Waals surface area contributed by atoms with E-state index in [4.69, 9.17) is 4.74 Å². The van der Waals surface area contributed by atoms with Crippen LogP contribution in [-0.4, -0.2) is 36.0 Å². The summed E-state index contributed by atoms with van der Waals surface area (Å²) in [5.74, 6) is 0.576. The van der Waals surface area contributed by atoms with Gasteiger partial charge in [-0.15, -0.1) is 0 Å². The Balaban J connectivity index is 2.14. The van der Waals surface area contributed by atoms with Crippen LogP contribution in [0.5, 0.6) is 5.88 Å². The molecule has 2 N–H and O–H groups in total. The number of alkyl halides is 2. The van der Waals surface area contributed by atoms with Gasteiger partial charge < -0.3 is 15.4 Å². The summed E-state index contributed by atoms with van der Waals surface area (Å²) < 4.78 is 29.7. The van der Waals surface area contributed by atoms with Crippen molar-refractivity contribution < 1.29 is 18.3 Å². The highest BCUT2D eigenvalue weighted by Crippen LogP contribution is 2.22. The number of aromatic nitrogens is 2. The number of aryl methyl sites for hydroxylation is 2. The molecule has 8 heteroatoms. The summed E-state index contributed by atoms with van der Waals surface area (Å²) in [7, 11) is 1.74. The number of hydrogen-bond donors (Lipinski definition) is 2. The molecule has 27 heavy (non-hydrogen) atoms. The van der Waals surface area contributed by atoms with Crippen LogP contribution in [0.4, 0.5) is 14.6 Å². The van der Waals surface area contributed by atoms with Gasteiger partial charge in [0.25, 0.3) is 12.3 Å². The topological polar surface area (TPSA) is 76.1 Å². The maximum atomic E-state index is 12.6. The molecule has 0 spiro atoms. The van der Waals surface area contributed by atoms with Gasteiger partial charge in [0.2, 0.25) is 5.88 Å². The van der Waals surface area contributed by atoms with Crippen molar-refractivity contribution in [3.63, 3.8) is 0 Å². The monoisotopic (exact) mass is 378 g/mol. The summed E-state index contributed by atoms with van der Waals surface area (Å²) in [5.41, 5.74) is 2.71. The van der Waals surface area contributed by atoms with Gasteiger partial charge in [0.1, 0.15) is 5.82 Å². The lowest BCUT2D eigenvalue weighted by molar-refractivity contribution is 0.0790. The Hall–Kier alpha value is -2.77. The normalized spacial score (nSPS) is 12.0. The van der Waals surface area contributed by atoms with Crippen molar-refractivity contribution >= 4 is 11.7 Å². The van der Waals surface area contributed by atoms with Gasteiger partial charge in [-0.1, -0.05) is 6.92 Å². The van der Waals surface area contributed by atoms with E-state index in [9.17, 15) is 13.6 Å². The lowest BCUT2D eigenvalue weighted by Gasteiger charge is -2.17. The van der Waals surface area contributed by atoms with E-state index in [1.54, 1.807) is 19.2 Å². The fraction of sp³-hybridized carbons (Fsp3) is 0.421. The molecule has 2 rings (SSSR count). The van der Waals surface area contributed by atoms with Gasteiger partial charge >= 0.3 is 0 Å². The molecular formula is C19H24F2N4O2. The number of amides is 1. The maximum Gasteiger partial charge on any atom is 0.272 e. The molecule has 0 aromatic carbocycles. The van der Waals surface area contributed by atoms with E-state index < -0.39 is 13.0 Å². The molecule has 0 saturated carbocycles. The standard InChI is InChI=1S/C19H24F2N4O2/c1-5-13-7-15(9-23-19(13)27-10-16(20)21)12(3)25-18(26)14-6-11(2)24-17(8-14)22-4/h6-9,12,16H,5,10H2,1-4H3,(H,22,24)(H,25,26). The Labute approximate surface area is 157 Å². The van der Waals surface area contributed by atoms with E-state index in [2.05, 4.69) is 20.6 Å². The third kappa shape index (κ3) is 5.60. The number of hydrogen-bond acceptors (Lipinski definition) is 5. The van der Waals surface area contributed by atoms with Gasteiger partial charge in [0.15, 0.2) is 6.61 Å².